The van der Waals surface area contributed by atoms with Gasteiger partial charge in [0.25, 0.3) is 0 Å². The van der Waals surface area contributed by atoms with E-state index >= 15 is 0 Å². The van der Waals surface area contributed by atoms with E-state index < -0.39 is 0 Å². The molecule has 0 bridgehead atoms. The Morgan fingerprint density at radius 2 is 2.22 bits per heavy atom. The predicted molar refractivity (Wildman–Crippen MR) is 71.0 cm³/mol. The molecule has 2 heterocycles. The van der Waals surface area contributed by atoms with Crippen LogP contribution in [-0.4, -0.2) is 23.5 Å². The molecule has 1 atom stereocenters. The van der Waals surface area contributed by atoms with Crippen LogP contribution in [0.1, 0.15) is 37.7 Å². The first-order valence-corrected chi connectivity index (χ1v) is 6.73. The van der Waals surface area contributed by atoms with Crippen molar-refractivity contribution in [1.82, 2.24) is 15.6 Å². The fraction of sp³-hybridized carbons (Fsp3) is 0.571. The van der Waals surface area contributed by atoms with Crippen LogP contribution in [0.15, 0.2) is 24.5 Å². The van der Waals surface area contributed by atoms with Crippen LogP contribution in [0.4, 0.5) is 0 Å². The van der Waals surface area contributed by atoms with Crippen LogP contribution in [0.5, 0.6) is 0 Å². The highest BCUT2D eigenvalue weighted by atomic mass is 16.1. The van der Waals surface area contributed by atoms with Gasteiger partial charge in [0.15, 0.2) is 0 Å². The van der Waals surface area contributed by atoms with Crippen LogP contribution in [-0.2, 0) is 11.3 Å². The smallest absolute Gasteiger partial charge is 0.220 e. The maximum Gasteiger partial charge on any atom is 0.220 e. The normalized spacial score (nSPS) is 19.4. The summed E-state index contributed by atoms with van der Waals surface area (Å²) in [6.45, 7) is 1.70. The molecule has 0 saturated carbocycles. The first-order chi connectivity index (χ1) is 8.84. The van der Waals surface area contributed by atoms with Crippen molar-refractivity contribution < 1.29 is 4.79 Å². The number of nitrogens with zero attached hydrogens (tertiary/aromatic N) is 1. The summed E-state index contributed by atoms with van der Waals surface area (Å²) in [5.74, 6) is 0.138. The lowest BCUT2D eigenvalue weighted by atomic mass is 10.0. The van der Waals surface area contributed by atoms with Crippen LogP contribution < -0.4 is 10.6 Å². The van der Waals surface area contributed by atoms with Crippen molar-refractivity contribution in [3.05, 3.63) is 30.1 Å². The molecule has 1 unspecified atom stereocenters. The predicted octanol–water partition coefficient (Wildman–Crippen LogP) is 1.62. The topological polar surface area (TPSA) is 54.0 Å². The van der Waals surface area contributed by atoms with Crippen LogP contribution >= 0.6 is 0 Å². The largest absolute Gasteiger partial charge is 0.352 e. The number of aromatic nitrogens is 1. The molecule has 1 aromatic rings. The molecule has 1 aliphatic heterocycles. The van der Waals surface area contributed by atoms with Crippen molar-refractivity contribution in [2.45, 2.75) is 44.7 Å². The Balaban J connectivity index is 1.63. The first kappa shape index (κ1) is 13.0. The van der Waals surface area contributed by atoms with Gasteiger partial charge in [0.05, 0.1) is 0 Å². The Morgan fingerprint density at radius 3 is 2.94 bits per heavy atom. The maximum atomic E-state index is 11.7. The van der Waals surface area contributed by atoms with E-state index in [1.165, 1.54) is 19.3 Å². The Labute approximate surface area is 108 Å². The average molecular weight is 247 g/mol. The number of hydrogen-bond donors (Lipinski definition) is 2. The molecule has 4 heteroatoms. The van der Waals surface area contributed by atoms with Crippen LogP contribution in [0, 0.1) is 0 Å². The fourth-order valence-electron chi connectivity index (χ4n) is 2.27. The standard InChI is InChI=1S/C14H21N3O/c18-14(5-4-13-3-1-2-8-16-13)17-11-12-6-9-15-10-7-12/h6-7,9-10,13,16H,1-5,8,11H2,(H,17,18). The van der Waals surface area contributed by atoms with Gasteiger partial charge in [0.2, 0.25) is 5.91 Å². The monoisotopic (exact) mass is 247 g/mol. The third kappa shape index (κ3) is 4.45. The van der Waals surface area contributed by atoms with Gasteiger partial charge in [0.1, 0.15) is 0 Å². The highest BCUT2D eigenvalue weighted by Gasteiger charge is 2.13. The van der Waals surface area contributed by atoms with Crippen molar-refractivity contribution in [2.24, 2.45) is 0 Å². The van der Waals surface area contributed by atoms with E-state index in [1.54, 1.807) is 12.4 Å². The van der Waals surface area contributed by atoms with E-state index in [9.17, 15) is 4.79 Å². The zero-order valence-corrected chi connectivity index (χ0v) is 10.7. The number of nitrogens with one attached hydrogen (secondary N) is 2. The van der Waals surface area contributed by atoms with E-state index in [4.69, 9.17) is 0 Å². The first-order valence-electron chi connectivity index (χ1n) is 6.73. The van der Waals surface area contributed by atoms with Gasteiger partial charge >= 0.3 is 0 Å². The van der Waals surface area contributed by atoms with Crippen molar-refractivity contribution in [3.63, 3.8) is 0 Å². The van der Waals surface area contributed by atoms with Crippen LogP contribution in [0.3, 0.4) is 0 Å². The highest BCUT2D eigenvalue weighted by molar-refractivity contribution is 5.75. The van der Waals surface area contributed by atoms with Gasteiger partial charge in [0, 0.05) is 31.4 Å². The molecule has 1 aliphatic rings. The van der Waals surface area contributed by atoms with E-state index in [0.717, 1.165) is 18.5 Å². The number of rotatable bonds is 5. The van der Waals surface area contributed by atoms with E-state index in [2.05, 4.69) is 15.6 Å². The number of carbonyl (C=O) groups is 1. The van der Waals surface area contributed by atoms with Gasteiger partial charge in [-0.15, -0.1) is 0 Å². The number of piperidine rings is 1. The van der Waals surface area contributed by atoms with Crippen LogP contribution in [0.25, 0.3) is 0 Å². The molecule has 18 heavy (non-hydrogen) atoms. The summed E-state index contributed by atoms with van der Waals surface area (Å²) in [5, 5.41) is 6.40. The lowest BCUT2D eigenvalue weighted by Crippen LogP contribution is -2.35. The molecule has 98 valence electrons. The molecule has 1 aromatic heterocycles. The van der Waals surface area contributed by atoms with Gasteiger partial charge in [-0.25, -0.2) is 0 Å². The minimum absolute atomic E-state index is 0.138. The second-order valence-electron chi connectivity index (χ2n) is 4.82. The summed E-state index contributed by atoms with van der Waals surface area (Å²) in [5.41, 5.74) is 1.09. The second-order valence-corrected chi connectivity index (χ2v) is 4.82. The summed E-state index contributed by atoms with van der Waals surface area (Å²) in [4.78, 5) is 15.7. The fourth-order valence-corrected chi connectivity index (χ4v) is 2.27. The highest BCUT2D eigenvalue weighted by Crippen LogP contribution is 2.11. The molecule has 1 amide bonds. The van der Waals surface area contributed by atoms with Gasteiger partial charge in [-0.1, -0.05) is 6.42 Å². The number of carbonyl (C=O) groups excluding carboxylic acids is 1. The van der Waals surface area contributed by atoms with Gasteiger partial charge in [-0.05, 0) is 43.5 Å². The number of hydrogen-bond acceptors (Lipinski definition) is 3. The molecular formula is C14H21N3O. The molecule has 1 saturated heterocycles. The van der Waals surface area contributed by atoms with Crippen molar-refractivity contribution in [1.29, 1.82) is 0 Å². The summed E-state index contributed by atoms with van der Waals surface area (Å²) >= 11 is 0. The Morgan fingerprint density at radius 1 is 1.39 bits per heavy atom. The lowest BCUT2D eigenvalue weighted by molar-refractivity contribution is -0.121. The lowest BCUT2D eigenvalue weighted by Gasteiger charge is -2.23. The minimum atomic E-state index is 0.138. The van der Waals surface area contributed by atoms with Crippen LogP contribution in [0.2, 0.25) is 0 Å². The van der Waals surface area contributed by atoms with E-state index in [-0.39, 0.29) is 5.91 Å². The third-order valence-electron chi connectivity index (χ3n) is 3.37. The zero-order chi connectivity index (χ0) is 12.6. The Kier molecular flexibility index (Phi) is 5.15. The molecule has 0 aromatic carbocycles. The van der Waals surface area contributed by atoms with Crippen molar-refractivity contribution in [2.75, 3.05) is 6.54 Å². The van der Waals surface area contributed by atoms with Crippen molar-refractivity contribution in [3.8, 4) is 0 Å². The average Bonchev–Trinajstić information content (AvgIpc) is 2.45. The van der Waals surface area contributed by atoms with Gasteiger partial charge in [-0.3, -0.25) is 9.78 Å². The molecule has 2 N–H and O–H groups in total. The number of pyridine rings is 1. The van der Waals surface area contributed by atoms with E-state index in [1.807, 2.05) is 12.1 Å². The molecule has 0 aliphatic carbocycles. The molecule has 0 spiro atoms. The summed E-state index contributed by atoms with van der Waals surface area (Å²) in [6, 6.07) is 4.37. The second kappa shape index (κ2) is 7.11. The number of amides is 1. The van der Waals surface area contributed by atoms with Gasteiger partial charge < -0.3 is 10.6 Å². The SMILES string of the molecule is O=C(CCC1CCCCN1)NCc1ccncc1. The summed E-state index contributed by atoms with van der Waals surface area (Å²) < 4.78 is 0. The van der Waals surface area contributed by atoms with E-state index in [0.29, 0.717) is 19.0 Å². The third-order valence-corrected chi connectivity index (χ3v) is 3.37. The summed E-state index contributed by atoms with van der Waals surface area (Å²) in [6.07, 6.45) is 8.81. The zero-order valence-electron chi connectivity index (χ0n) is 10.7. The maximum absolute atomic E-state index is 11.7. The minimum Gasteiger partial charge on any atom is -0.352 e. The van der Waals surface area contributed by atoms with Crippen molar-refractivity contribution >= 4 is 5.91 Å². The van der Waals surface area contributed by atoms with Gasteiger partial charge in [-0.2, -0.15) is 0 Å². The molecule has 4 nitrogen and oxygen atoms in total. The molecule has 2 rings (SSSR count). The molecule has 1 fully saturated rings. The molecular weight excluding hydrogens is 226 g/mol. The summed E-state index contributed by atoms with van der Waals surface area (Å²) in [7, 11) is 0. The Bertz CT molecular complexity index is 361. The molecule has 0 radical (unpaired) electrons. The quantitative estimate of drug-likeness (QED) is 0.831. The Hall–Kier alpha value is -1.42.